The van der Waals surface area contributed by atoms with Crippen LogP contribution in [0.1, 0.15) is 22.1 Å². The Hall–Kier alpha value is -1.39. The van der Waals surface area contributed by atoms with Crippen molar-refractivity contribution < 1.29 is 4.92 Å². The molecule has 0 N–H and O–H groups in total. The van der Waals surface area contributed by atoms with E-state index in [1.165, 1.54) is 6.07 Å². The van der Waals surface area contributed by atoms with Crippen LogP contribution in [-0.4, -0.2) is 4.92 Å². The maximum atomic E-state index is 11.0. The molecular weight excluding hydrogens is 342 g/mol. The molecular formula is C15H13BrClNO2. The summed E-state index contributed by atoms with van der Waals surface area (Å²) in [6.07, 6.45) is 0.417. The topological polar surface area (TPSA) is 43.1 Å². The van der Waals surface area contributed by atoms with Gasteiger partial charge in [-0.15, -0.1) is 11.6 Å². The van der Waals surface area contributed by atoms with Crippen LogP contribution in [0, 0.1) is 17.0 Å². The van der Waals surface area contributed by atoms with Gasteiger partial charge in [-0.1, -0.05) is 46.3 Å². The highest BCUT2D eigenvalue weighted by atomic mass is 79.9. The summed E-state index contributed by atoms with van der Waals surface area (Å²) < 4.78 is 0.927. The molecule has 0 saturated heterocycles. The number of hydrogen-bond donors (Lipinski definition) is 0. The Morgan fingerprint density at radius 3 is 2.65 bits per heavy atom. The average molecular weight is 355 g/mol. The van der Waals surface area contributed by atoms with Crippen molar-refractivity contribution in [2.24, 2.45) is 0 Å². The third-order valence-electron chi connectivity index (χ3n) is 3.08. The number of nitrogens with zero attached hydrogens (tertiary/aromatic N) is 1. The van der Waals surface area contributed by atoms with Crippen LogP contribution in [0.2, 0.25) is 0 Å². The number of nitro benzene ring substituents is 1. The Bertz CT molecular complexity index is 646. The van der Waals surface area contributed by atoms with Crippen molar-refractivity contribution >= 4 is 33.2 Å². The molecule has 0 aliphatic rings. The summed E-state index contributed by atoms with van der Waals surface area (Å²) in [6, 6.07) is 12.6. The fraction of sp³-hybridized carbons (Fsp3) is 0.200. The van der Waals surface area contributed by atoms with Gasteiger partial charge in [0.2, 0.25) is 0 Å². The van der Waals surface area contributed by atoms with Crippen molar-refractivity contribution in [2.75, 3.05) is 0 Å². The molecule has 0 radical (unpaired) electrons. The summed E-state index contributed by atoms with van der Waals surface area (Å²) in [5, 5.41) is 10.7. The summed E-state index contributed by atoms with van der Waals surface area (Å²) in [6.45, 7) is 2.00. The minimum Gasteiger partial charge on any atom is -0.258 e. The van der Waals surface area contributed by atoms with Crippen molar-refractivity contribution in [1.29, 1.82) is 0 Å². The molecule has 0 bridgehead atoms. The molecule has 0 aliphatic carbocycles. The number of benzene rings is 2. The van der Waals surface area contributed by atoms with Crippen LogP contribution in [0.5, 0.6) is 0 Å². The molecule has 2 aromatic rings. The normalized spacial score (nSPS) is 12.2. The number of aryl methyl sites for hydroxylation is 1. The lowest BCUT2D eigenvalue weighted by atomic mass is 10.0. The Morgan fingerprint density at radius 2 is 2.00 bits per heavy atom. The Morgan fingerprint density at radius 1 is 1.30 bits per heavy atom. The van der Waals surface area contributed by atoms with Gasteiger partial charge in [-0.05, 0) is 30.5 Å². The zero-order valence-electron chi connectivity index (χ0n) is 10.8. The molecule has 20 heavy (non-hydrogen) atoms. The summed E-state index contributed by atoms with van der Waals surface area (Å²) in [5.41, 5.74) is 2.83. The minimum absolute atomic E-state index is 0.112. The fourth-order valence-electron chi connectivity index (χ4n) is 2.05. The zero-order valence-corrected chi connectivity index (χ0v) is 13.2. The summed E-state index contributed by atoms with van der Waals surface area (Å²) in [5.74, 6) is 0. The molecule has 104 valence electrons. The van der Waals surface area contributed by atoms with Gasteiger partial charge >= 0.3 is 0 Å². The van der Waals surface area contributed by atoms with Crippen molar-refractivity contribution in [3.63, 3.8) is 0 Å². The molecule has 0 saturated carbocycles. The van der Waals surface area contributed by atoms with E-state index >= 15 is 0 Å². The van der Waals surface area contributed by atoms with Crippen molar-refractivity contribution in [1.82, 2.24) is 0 Å². The number of para-hydroxylation sites is 1. The van der Waals surface area contributed by atoms with Crippen LogP contribution in [-0.2, 0) is 6.42 Å². The molecule has 0 fully saturated rings. The highest BCUT2D eigenvalue weighted by molar-refractivity contribution is 9.10. The summed E-state index contributed by atoms with van der Waals surface area (Å²) in [4.78, 5) is 10.6. The van der Waals surface area contributed by atoms with E-state index in [0.29, 0.717) is 12.0 Å². The van der Waals surface area contributed by atoms with E-state index in [2.05, 4.69) is 15.9 Å². The van der Waals surface area contributed by atoms with Gasteiger partial charge in [0.1, 0.15) is 0 Å². The average Bonchev–Trinajstić information content (AvgIpc) is 2.38. The number of hydrogen-bond acceptors (Lipinski definition) is 2. The van der Waals surface area contributed by atoms with Crippen LogP contribution in [0.3, 0.4) is 0 Å². The van der Waals surface area contributed by atoms with E-state index in [4.69, 9.17) is 11.6 Å². The van der Waals surface area contributed by atoms with Gasteiger partial charge in [-0.25, -0.2) is 0 Å². The van der Waals surface area contributed by atoms with Crippen LogP contribution >= 0.6 is 27.5 Å². The summed E-state index contributed by atoms with van der Waals surface area (Å²) >= 11 is 9.91. The van der Waals surface area contributed by atoms with E-state index in [1.807, 2.05) is 25.1 Å². The SMILES string of the molecule is Cc1ccc(C(Cl)Cc2ccccc2[N+](=O)[O-])c(Br)c1. The quantitative estimate of drug-likeness (QED) is 0.431. The molecule has 3 nitrogen and oxygen atoms in total. The maximum Gasteiger partial charge on any atom is 0.272 e. The van der Waals surface area contributed by atoms with Gasteiger partial charge in [0.15, 0.2) is 0 Å². The second-order valence-electron chi connectivity index (χ2n) is 4.58. The van der Waals surface area contributed by atoms with Crippen molar-refractivity contribution in [2.45, 2.75) is 18.7 Å². The maximum absolute atomic E-state index is 11.0. The Labute approximate surface area is 130 Å². The Kier molecular flexibility index (Phi) is 4.78. The van der Waals surface area contributed by atoms with Crippen molar-refractivity contribution in [3.8, 4) is 0 Å². The number of halogens is 2. The minimum atomic E-state index is -0.372. The van der Waals surface area contributed by atoms with Gasteiger partial charge < -0.3 is 0 Å². The molecule has 0 aliphatic heterocycles. The predicted octanol–water partition coefficient (Wildman–Crippen LogP) is 5.19. The molecule has 2 aromatic carbocycles. The monoisotopic (exact) mass is 353 g/mol. The number of rotatable bonds is 4. The van der Waals surface area contributed by atoms with Gasteiger partial charge in [0, 0.05) is 16.1 Å². The molecule has 0 aromatic heterocycles. The van der Waals surface area contributed by atoms with E-state index in [9.17, 15) is 10.1 Å². The first-order valence-electron chi connectivity index (χ1n) is 6.11. The van der Waals surface area contributed by atoms with Crippen molar-refractivity contribution in [3.05, 3.63) is 73.7 Å². The van der Waals surface area contributed by atoms with Gasteiger partial charge in [-0.2, -0.15) is 0 Å². The number of nitro groups is 1. The van der Waals surface area contributed by atoms with E-state index < -0.39 is 0 Å². The van der Waals surface area contributed by atoms with E-state index in [0.717, 1.165) is 15.6 Å². The van der Waals surface area contributed by atoms with E-state index in [1.54, 1.807) is 18.2 Å². The van der Waals surface area contributed by atoms with Crippen LogP contribution in [0.4, 0.5) is 5.69 Å². The predicted molar refractivity (Wildman–Crippen MR) is 84.3 cm³/mol. The highest BCUT2D eigenvalue weighted by Crippen LogP contribution is 2.33. The molecule has 0 spiro atoms. The lowest BCUT2D eigenvalue weighted by Gasteiger charge is -2.12. The first-order chi connectivity index (χ1) is 9.49. The lowest BCUT2D eigenvalue weighted by molar-refractivity contribution is -0.385. The first kappa shape index (κ1) is 15.0. The van der Waals surface area contributed by atoms with Gasteiger partial charge in [0.25, 0.3) is 5.69 Å². The molecule has 2 rings (SSSR count). The highest BCUT2D eigenvalue weighted by Gasteiger charge is 2.18. The van der Waals surface area contributed by atoms with Crippen LogP contribution in [0.15, 0.2) is 46.9 Å². The van der Waals surface area contributed by atoms with Gasteiger partial charge in [0.05, 0.1) is 10.3 Å². The Balaban J connectivity index is 2.28. The first-order valence-corrected chi connectivity index (χ1v) is 7.34. The van der Waals surface area contributed by atoms with Gasteiger partial charge in [-0.3, -0.25) is 10.1 Å². The molecule has 1 unspecified atom stereocenters. The largest absolute Gasteiger partial charge is 0.272 e. The molecule has 0 amide bonds. The lowest BCUT2D eigenvalue weighted by Crippen LogP contribution is -2.01. The molecule has 5 heteroatoms. The smallest absolute Gasteiger partial charge is 0.258 e. The molecule has 1 atom stereocenters. The second kappa shape index (κ2) is 6.37. The summed E-state index contributed by atoms with van der Waals surface area (Å²) in [7, 11) is 0. The second-order valence-corrected chi connectivity index (χ2v) is 5.96. The molecule has 0 heterocycles. The van der Waals surface area contributed by atoms with E-state index in [-0.39, 0.29) is 16.0 Å². The standard InChI is InChI=1S/C15H13BrClNO2/c1-10-6-7-12(13(16)8-10)14(17)9-11-4-2-3-5-15(11)18(19)20/h2-8,14H,9H2,1H3. The third kappa shape index (κ3) is 3.38. The fourth-order valence-corrected chi connectivity index (χ4v) is 3.31. The number of alkyl halides is 1. The zero-order chi connectivity index (χ0) is 14.7. The van der Waals surface area contributed by atoms with Crippen LogP contribution in [0.25, 0.3) is 0 Å². The third-order valence-corrected chi connectivity index (χ3v) is 4.16. The van der Waals surface area contributed by atoms with Crippen LogP contribution < -0.4 is 0 Å².